The summed E-state index contributed by atoms with van der Waals surface area (Å²) in [4.78, 5) is 12.1. The number of aromatic hydroxyl groups is 2. The third-order valence-electron chi connectivity index (χ3n) is 6.13. The second kappa shape index (κ2) is 13.9. The Morgan fingerprint density at radius 2 is 1.82 bits per heavy atom. The lowest BCUT2D eigenvalue weighted by atomic mass is 9.90. The number of nitrogens with one attached hydrogen (secondary N) is 2. The molecule has 38 heavy (non-hydrogen) atoms. The molecule has 0 bridgehead atoms. The molecular formula is C30H38Cl2N2O4. The van der Waals surface area contributed by atoms with Gasteiger partial charge in [0.2, 0.25) is 0 Å². The topological polar surface area (TPSA) is 90.8 Å². The van der Waals surface area contributed by atoms with E-state index in [0.717, 1.165) is 30.5 Å². The molecule has 6 nitrogen and oxygen atoms in total. The van der Waals surface area contributed by atoms with Crippen LogP contribution in [0.1, 0.15) is 60.8 Å². The van der Waals surface area contributed by atoms with Gasteiger partial charge in [-0.1, -0.05) is 35.9 Å². The minimum atomic E-state index is -0.210. The maximum atomic E-state index is 12.1. The van der Waals surface area contributed by atoms with Gasteiger partial charge in [-0.05, 0) is 100 Å². The highest BCUT2D eigenvalue weighted by Gasteiger charge is 2.23. The van der Waals surface area contributed by atoms with Gasteiger partial charge in [0.05, 0.1) is 13.2 Å². The van der Waals surface area contributed by atoms with Crippen molar-refractivity contribution in [1.29, 1.82) is 0 Å². The molecule has 4 N–H and O–H groups in total. The highest BCUT2D eigenvalue weighted by Crippen LogP contribution is 2.35. The first kappa shape index (κ1) is 31.4. The van der Waals surface area contributed by atoms with Gasteiger partial charge in [0.25, 0.3) is 0 Å². The van der Waals surface area contributed by atoms with Gasteiger partial charge in [0.15, 0.2) is 17.3 Å². The van der Waals surface area contributed by atoms with Crippen molar-refractivity contribution in [3.05, 3.63) is 87.9 Å². The summed E-state index contributed by atoms with van der Waals surface area (Å²) in [6, 6.07) is 18.0. The summed E-state index contributed by atoms with van der Waals surface area (Å²) in [5, 5.41) is 26.7. The number of phenols is 2. The minimum Gasteiger partial charge on any atom is -0.508 e. The van der Waals surface area contributed by atoms with Gasteiger partial charge < -0.3 is 25.6 Å². The predicted molar refractivity (Wildman–Crippen MR) is 156 cm³/mol. The number of halogens is 2. The normalized spacial score (nSPS) is 15.3. The summed E-state index contributed by atoms with van der Waals surface area (Å²) in [5.74, 6) is 1.05. The summed E-state index contributed by atoms with van der Waals surface area (Å²) in [7, 11) is 1.57. The van der Waals surface area contributed by atoms with Crippen molar-refractivity contribution in [2.75, 3.05) is 13.7 Å². The number of hydrogen-bond donors (Lipinski definition) is 4. The van der Waals surface area contributed by atoms with Crippen LogP contribution in [0.3, 0.4) is 0 Å². The van der Waals surface area contributed by atoms with E-state index < -0.39 is 0 Å². The Bertz CT molecular complexity index is 1210. The van der Waals surface area contributed by atoms with Crippen LogP contribution in [-0.4, -0.2) is 41.2 Å². The lowest BCUT2D eigenvalue weighted by Gasteiger charge is -2.28. The molecule has 0 spiro atoms. The zero-order valence-corrected chi connectivity index (χ0v) is 24.1. The lowest BCUT2D eigenvalue weighted by molar-refractivity contribution is 0.0935. The van der Waals surface area contributed by atoms with Crippen LogP contribution in [0.25, 0.3) is 0 Å². The Balaban J connectivity index is 0.000000270. The molecule has 2 unspecified atom stereocenters. The van der Waals surface area contributed by atoms with E-state index in [1.807, 2.05) is 45.9 Å². The molecule has 206 valence electrons. The van der Waals surface area contributed by atoms with E-state index in [-0.39, 0.29) is 47.3 Å². The molecule has 3 aromatic rings. The van der Waals surface area contributed by atoms with Crippen molar-refractivity contribution in [3.8, 4) is 17.2 Å². The van der Waals surface area contributed by atoms with Crippen molar-refractivity contribution in [2.45, 2.75) is 58.2 Å². The van der Waals surface area contributed by atoms with E-state index in [1.165, 1.54) is 5.56 Å². The monoisotopic (exact) mass is 560 g/mol. The van der Waals surface area contributed by atoms with Crippen LogP contribution in [0, 0.1) is 0 Å². The average Bonchev–Trinajstić information content (AvgIpc) is 2.84. The molecule has 2 atom stereocenters. The molecule has 0 amide bonds. The zero-order valence-electron chi connectivity index (χ0n) is 22.5. The van der Waals surface area contributed by atoms with Crippen LogP contribution in [-0.2, 0) is 12.8 Å². The molecule has 4 rings (SSSR count). The fourth-order valence-electron chi connectivity index (χ4n) is 4.48. The number of phenolic OH excluding ortho intramolecular Hbond substituents is 2. The van der Waals surface area contributed by atoms with E-state index in [4.69, 9.17) is 16.3 Å². The molecule has 0 aliphatic carbocycles. The fourth-order valence-corrected chi connectivity index (χ4v) is 4.67. The number of Topliss-reactive ketones (excluding diaryl/α,β-unsaturated/α-hetero) is 1. The summed E-state index contributed by atoms with van der Waals surface area (Å²) >= 11 is 5.85. The molecule has 0 saturated carbocycles. The average molecular weight is 562 g/mol. The van der Waals surface area contributed by atoms with Crippen molar-refractivity contribution in [2.24, 2.45) is 0 Å². The number of benzene rings is 3. The third-order valence-corrected chi connectivity index (χ3v) is 6.36. The van der Waals surface area contributed by atoms with Crippen LogP contribution < -0.4 is 15.4 Å². The van der Waals surface area contributed by atoms with Gasteiger partial charge in [0.1, 0.15) is 5.75 Å². The fraction of sp³-hybridized carbons (Fsp3) is 0.367. The molecule has 1 aliphatic heterocycles. The quantitative estimate of drug-likeness (QED) is 0.266. The van der Waals surface area contributed by atoms with E-state index >= 15 is 0 Å². The summed E-state index contributed by atoms with van der Waals surface area (Å²) in [5.41, 5.74) is 4.05. The Morgan fingerprint density at radius 1 is 1.13 bits per heavy atom. The molecule has 1 heterocycles. The van der Waals surface area contributed by atoms with Gasteiger partial charge in [-0.3, -0.25) is 4.79 Å². The largest absolute Gasteiger partial charge is 0.508 e. The number of rotatable bonds is 6. The first-order valence-corrected chi connectivity index (χ1v) is 12.8. The molecule has 3 aromatic carbocycles. The van der Waals surface area contributed by atoms with Crippen LogP contribution in [0.5, 0.6) is 17.2 Å². The molecule has 0 aromatic heterocycles. The standard InChI is InChI=1S/C17H19NO3.C13H18ClNO.ClH/c1-21-17-9-12-6-7-18-15(14(12)10-16(17)20)8-11-2-4-13(19)5-3-11;1-9(15-13(2,3)4)12(16)10-6-5-7-11(14)8-10;/h2-5,9-10,15,18-20H,6-8H2,1H3;5-9,15H,1-4H3;1H. The molecule has 0 fully saturated rings. The van der Waals surface area contributed by atoms with Crippen molar-refractivity contribution < 1.29 is 19.7 Å². The highest BCUT2D eigenvalue weighted by atomic mass is 35.5. The van der Waals surface area contributed by atoms with Gasteiger partial charge in [-0.2, -0.15) is 0 Å². The number of fused-ring (bicyclic) bond motifs is 1. The maximum absolute atomic E-state index is 12.1. The van der Waals surface area contributed by atoms with Crippen molar-refractivity contribution in [1.82, 2.24) is 10.6 Å². The van der Waals surface area contributed by atoms with Crippen LogP contribution in [0.15, 0.2) is 60.7 Å². The van der Waals surface area contributed by atoms with E-state index in [9.17, 15) is 15.0 Å². The number of carbonyl (C=O) groups is 1. The zero-order chi connectivity index (χ0) is 27.2. The summed E-state index contributed by atoms with van der Waals surface area (Å²) < 4.78 is 5.18. The number of carbonyl (C=O) groups excluding carboxylic acids is 1. The van der Waals surface area contributed by atoms with E-state index in [0.29, 0.717) is 16.3 Å². The van der Waals surface area contributed by atoms with Crippen LogP contribution >= 0.6 is 24.0 Å². The van der Waals surface area contributed by atoms with Gasteiger partial charge in [0, 0.05) is 22.2 Å². The Hall–Kier alpha value is -2.77. The summed E-state index contributed by atoms with van der Waals surface area (Å²) in [6.07, 6.45) is 1.75. The molecule has 8 heteroatoms. The second-order valence-corrected chi connectivity index (χ2v) is 10.8. The Kier molecular flexibility index (Phi) is 11.5. The summed E-state index contributed by atoms with van der Waals surface area (Å²) in [6.45, 7) is 8.89. The molecule has 1 aliphatic rings. The van der Waals surface area contributed by atoms with Crippen molar-refractivity contribution in [3.63, 3.8) is 0 Å². The number of hydrogen-bond acceptors (Lipinski definition) is 6. The predicted octanol–water partition coefficient (Wildman–Crippen LogP) is 6.26. The first-order valence-electron chi connectivity index (χ1n) is 12.5. The van der Waals surface area contributed by atoms with Crippen LogP contribution in [0.2, 0.25) is 5.02 Å². The smallest absolute Gasteiger partial charge is 0.179 e. The number of methoxy groups -OCH3 is 1. The molecule has 0 saturated heterocycles. The molecule has 0 radical (unpaired) electrons. The second-order valence-electron chi connectivity index (χ2n) is 10.3. The Labute approximate surface area is 236 Å². The minimum absolute atomic E-state index is 0. The highest BCUT2D eigenvalue weighted by molar-refractivity contribution is 6.31. The Morgan fingerprint density at radius 3 is 2.42 bits per heavy atom. The third kappa shape index (κ3) is 8.91. The van der Waals surface area contributed by atoms with Gasteiger partial charge in [-0.25, -0.2) is 0 Å². The lowest BCUT2D eigenvalue weighted by Crippen LogP contribution is -2.46. The SMILES string of the molecule is CC(NC(C)(C)C)C(=O)c1cccc(Cl)c1.COc1cc2c(cc1O)C(Cc1ccc(O)cc1)NCC2.Cl. The van der Waals surface area contributed by atoms with E-state index in [2.05, 4.69) is 10.6 Å². The van der Waals surface area contributed by atoms with Crippen molar-refractivity contribution >= 4 is 29.8 Å². The molecular weight excluding hydrogens is 523 g/mol. The van der Waals surface area contributed by atoms with Gasteiger partial charge >= 0.3 is 0 Å². The first-order chi connectivity index (χ1) is 17.5. The van der Waals surface area contributed by atoms with Gasteiger partial charge in [-0.15, -0.1) is 12.4 Å². The maximum Gasteiger partial charge on any atom is 0.179 e. The number of ether oxygens (including phenoxy) is 1. The van der Waals surface area contributed by atoms with E-state index in [1.54, 1.807) is 49.6 Å². The van der Waals surface area contributed by atoms with Crippen LogP contribution in [0.4, 0.5) is 0 Å². The number of ketones is 1.